The molecule has 96 valence electrons. The van der Waals surface area contributed by atoms with Crippen LogP contribution in [0.2, 0.25) is 0 Å². The Morgan fingerprint density at radius 2 is 2.24 bits per heavy atom. The molecule has 2 aliphatic rings. The van der Waals surface area contributed by atoms with Crippen molar-refractivity contribution in [1.82, 2.24) is 5.32 Å². The molecule has 8 heteroatoms. The van der Waals surface area contributed by atoms with Gasteiger partial charge in [-0.25, -0.2) is 4.79 Å². The molecule has 0 aromatic rings. The first-order valence-corrected chi connectivity index (χ1v) is 5.96. The first-order valence-electron chi connectivity index (χ1n) is 5.08. The fourth-order valence-corrected chi connectivity index (χ4v) is 2.91. The van der Waals surface area contributed by atoms with Gasteiger partial charge in [0, 0.05) is 7.05 Å². The summed E-state index contributed by atoms with van der Waals surface area (Å²) in [4.78, 5) is 15.3. The third-order valence-corrected chi connectivity index (χ3v) is 3.92. The highest BCUT2D eigenvalue weighted by atomic mass is 32.2. The van der Waals surface area contributed by atoms with E-state index in [0.717, 1.165) is 0 Å². The predicted molar refractivity (Wildman–Crippen MR) is 60.6 cm³/mol. The molecule has 2 aliphatic heterocycles. The van der Waals surface area contributed by atoms with E-state index in [0.29, 0.717) is 5.17 Å². The minimum Gasteiger partial charge on any atom is -0.467 e. The molecule has 0 aliphatic carbocycles. The van der Waals surface area contributed by atoms with Gasteiger partial charge in [0.2, 0.25) is 0 Å². The maximum absolute atomic E-state index is 11.4. The van der Waals surface area contributed by atoms with Crippen LogP contribution in [0.3, 0.4) is 0 Å². The number of amidine groups is 1. The number of fused-ring (bicyclic) bond motifs is 1. The van der Waals surface area contributed by atoms with E-state index >= 15 is 0 Å². The summed E-state index contributed by atoms with van der Waals surface area (Å²) in [6.07, 6.45) is -3.58. The highest BCUT2D eigenvalue weighted by Crippen LogP contribution is 2.34. The Bertz CT molecular complexity index is 350. The van der Waals surface area contributed by atoms with Gasteiger partial charge in [-0.15, -0.1) is 0 Å². The Hall–Kier alpha value is -0.830. The molecule has 2 saturated heterocycles. The number of carbonyl (C=O) groups excluding carboxylic acids is 1. The standard InChI is InChI=1S/C9H14N2O5S/c1-10-9-11-3-4(12)5(13)6(7(14)15-2)16-8(3)17-9/h3-6,8,12-13H,1-2H3,(H,10,11)/t3-,4-,5+,6+,8-/m1/s1. The number of carbonyl (C=O) groups is 1. The smallest absolute Gasteiger partial charge is 0.337 e. The van der Waals surface area contributed by atoms with Gasteiger partial charge in [-0.3, -0.25) is 4.99 Å². The zero-order valence-electron chi connectivity index (χ0n) is 9.36. The van der Waals surface area contributed by atoms with E-state index in [-0.39, 0.29) is 0 Å². The highest BCUT2D eigenvalue weighted by Gasteiger charge is 2.51. The Morgan fingerprint density at radius 3 is 2.82 bits per heavy atom. The summed E-state index contributed by atoms with van der Waals surface area (Å²) in [6.45, 7) is 0. The van der Waals surface area contributed by atoms with Gasteiger partial charge in [0.25, 0.3) is 0 Å². The molecule has 2 rings (SSSR count). The molecule has 7 nitrogen and oxygen atoms in total. The summed E-state index contributed by atoms with van der Waals surface area (Å²) in [5.41, 5.74) is -0.462. The van der Waals surface area contributed by atoms with E-state index in [9.17, 15) is 15.0 Å². The Labute approximate surface area is 102 Å². The van der Waals surface area contributed by atoms with E-state index in [1.165, 1.54) is 18.9 Å². The van der Waals surface area contributed by atoms with Crippen molar-refractivity contribution >= 4 is 22.9 Å². The first-order chi connectivity index (χ1) is 8.08. The van der Waals surface area contributed by atoms with Crippen LogP contribution in [-0.2, 0) is 14.3 Å². The number of rotatable bonds is 1. The SMILES string of the molecule is CN=C1N[C@@H]2[C@@H](O)[C@H](O)[C@@H](C(=O)OC)O[C@@H]2S1. The fraction of sp³-hybridized carbons (Fsp3) is 0.778. The van der Waals surface area contributed by atoms with Crippen molar-refractivity contribution in [3.63, 3.8) is 0 Å². The number of methoxy groups -OCH3 is 1. The molecule has 17 heavy (non-hydrogen) atoms. The molecule has 3 N–H and O–H groups in total. The molecule has 0 unspecified atom stereocenters. The summed E-state index contributed by atoms with van der Waals surface area (Å²) in [5, 5.41) is 23.2. The van der Waals surface area contributed by atoms with Gasteiger partial charge in [0.15, 0.2) is 11.3 Å². The van der Waals surface area contributed by atoms with Crippen molar-refractivity contribution in [2.75, 3.05) is 14.2 Å². The predicted octanol–water partition coefficient (Wildman–Crippen LogP) is -1.70. The minimum absolute atomic E-state index is 0.462. The lowest BCUT2D eigenvalue weighted by Crippen LogP contribution is -2.60. The van der Waals surface area contributed by atoms with Crippen LogP contribution in [0.4, 0.5) is 0 Å². The molecule has 5 atom stereocenters. The van der Waals surface area contributed by atoms with Gasteiger partial charge in [0.05, 0.1) is 13.2 Å². The Kier molecular flexibility index (Phi) is 3.57. The summed E-state index contributed by atoms with van der Waals surface area (Å²) >= 11 is 1.27. The molecule has 2 fully saturated rings. The summed E-state index contributed by atoms with van der Waals surface area (Å²) in [7, 11) is 2.81. The van der Waals surface area contributed by atoms with Crippen LogP contribution in [0.5, 0.6) is 0 Å². The zero-order valence-corrected chi connectivity index (χ0v) is 10.2. The third kappa shape index (κ3) is 2.13. The largest absolute Gasteiger partial charge is 0.467 e. The quantitative estimate of drug-likeness (QED) is 0.484. The second-order valence-electron chi connectivity index (χ2n) is 3.75. The van der Waals surface area contributed by atoms with E-state index in [1.807, 2.05) is 0 Å². The number of nitrogens with one attached hydrogen (secondary N) is 1. The number of hydrogen-bond acceptors (Lipinski definition) is 7. The van der Waals surface area contributed by atoms with Crippen molar-refractivity contribution in [3.05, 3.63) is 0 Å². The lowest BCUT2D eigenvalue weighted by molar-refractivity contribution is -0.189. The number of thioether (sulfide) groups is 1. The Balaban J connectivity index is 2.16. The van der Waals surface area contributed by atoms with Crippen LogP contribution in [-0.4, -0.2) is 65.3 Å². The summed E-state index contributed by atoms with van der Waals surface area (Å²) in [6, 6.07) is -0.477. The lowest BCUT2D eigenvalue weighted by atomic mass is 9.98. The van der Waals surface area contributed by atoms with Crippen molar-refractivity contribution in [1.29, 1.82) is 0 Å². The second kappa shape index (κ2) is 4.81. The van der Waals surface area contributed by atoms with Gasteiger partial charge in [0.1, 0.15) is 17.6 Å². The molecule has 0 aromatic heterocycles. The number of hydrogen-bond donors (Lipinski definition) is 3. The molecule has 0 aromatic carbocycles. The van der Waals surface area contributed by atoms with E-state index in [2.05, 4.69) is 15.0 Å². The van der Waals surface area contributed by atoms with Crippen molar-refractivity contribution in [2.24, 2.45) is 4.99 Å². The van der Waals surface area contributed by atoms with Crippen LogP contribution >= 0.6 is 11.8 Å². The van der Waals surface area contributed by atoms with Gasteiger partial charge >= 0.3 is 5.97 Å². The number of ether oxygens (including phenoxy) is 2. The van der Waals surface area contributed by atoms with Crippen molar-refractivity contribution < 1.29 is 24.5 Å². The van der Waals surface area contributed by atoms with Crippen LogP contribution in [0.25, 0.3) is 0 Å². The van der Waals surface area contributed by atoms with Gasteiger partial charge in [-0.05, 0) is 0 Å². The minimum atomic E-state index is -1.31. The van der Waals surface area contributed by atoms with E-state index in [1.54, 1.807) is 7.05 Å². The molecule has 0 bridgehead atoms. The molecule has 0 spiro atoms. The van der Waals surface area contributed by atoms with Crippen molar-refractivity contribution in [2.45, 2.75) is 29.8 Å². The zero-order chi connectivity index (χ0) is 12.6. The monoisotopic (exact) mass is 262 g/mol. The highest BCUT2D eigenvalue weighted by molar-refractivity contribution is 8.14. The normalized spacial score (nSPS) is 43.1. The molecular weight excluding hydrogens is 248 g/mol. The summed E-state index contributed by atoms with van der Waals surface area (Å²) in [5.74, 6) is -0.697. The van der Waals surface area contributed by atoms with Crippen LogP contribution in [0, 0.1) is 0 Å². The van der Waals surface area contributed by atoms with Crippen molar-refractivity contribution in [3.8, 4) is 0 Å². The molecule has 0 saturated carbocycles. The average Bonchev–Trinajstić information content (AvgIpc) is 2.76. The maximum Gasteiger partial charge on any atom is 0.337 e. The third-order valence-electron chi connectivity index (χ3n) is 2.76. The number of esters is 1. The average molecular weight is 262 g/mol. The van der Waals surface area contributed by atoms with Gasteiger partial charge in [-0.1, -0.05) is 11.8 Å². The molecule has 0 amide bonds. The number of aliphatic imine (C=N–C) groups is 1. The number of aliphatic hydroxyl groups is 2. The van der Waals surface area contributed by atoms with Crippen LogP contribution in [0.1, 0.15) is 0 Å². The Morgan fingerprint density at radius 1 is 1.53 bits per heavy atom. The molecular formula is C9H14N2O5S. The van der Waals surface area contributed by atoms with Gasteiger partial charge < -0.3 is 25.0 Å². The first kappa shape index (κ1) is 12.6. The van der Waals surface area contributed by atoms with Crippen LogP contribution in [0.15, 0.2) is 4.99 Å². The van der Waals surface area contributed by atoms with E-state index < -0.39 is 35.8 Å². The summed E-state index contributed by atoms with van der Waals surface area (Å²) < 4.78 is 9.93. The molecule has 0 radical (unpaired) electrons. The maximum atomic E-state index is 11.4. The fourth-order valence-electron chi connectivity index (χ4n) is 1.83. The number of aliphatic hydroxyl groups excluding tert-OH is 2. The topological polar surface area (TPSA) is 100 Å². The lowest BCUT2D eigenvalue weighted by Gasteiger charge is -2.37. The number of nitrogens with zero attached hydrogens (tertiary/aromatic N) is 1. The van der Waals surface area contributed by atoms with Gasteiger partial charge in [-0.2, -0.15) is 0 Å². The van der Waals surface area contributed by atoms with Crippen LogP contribution < -0.4 is 5.32 Å². The second-order valence-corrected chi connectivity index (χ2v) is 4.83. The molecule has 2 heterocycles. The van der Waals surface area contributed by atoms with E-state index in [4.69, 9.17) is 4.74 Å².